The van der Waals surface area contributed by atoms with E-state index in [9.17, 15) is 4.79 Å². The number of piperidine rings is 1. The fourth-order valence-corrected chi connectivity index (χ4v) is 3.73. The number of hydrogen-bond acceptors (Lipinski definition) is 4. The third kappa shape index (κ3) is 2.92. The maximum Gasteiger partial charge on any atom is 0.167 e. The van der Waals surface area contributed by atoms with Crippen LogP contribution < -0.4 is 4.74 Å². The van der Waals surface area contributed by atoms with Gasteiger partial charge in [0.15, 0.2) is 5.78 Å². The highest BCUT2D eigenvalue weighted by Gasteiger charge is 2.33. The molecule has 0 radical (unpaired) electrons. The summed E-state index contributed by atoms with van der Waals surface area (Å²) >= 11 is 0. The van der Waals surface area contributed by atoms with Gasteiger partial charge in [-0.2, -0.15) is 0 Å². The number of nitrogens with zero attached hydrogens (tertiary/aromatic N) is 1. The second-order valence-electron chi connectivity index (χ2n) is 6.82. The van der Waals surface area contributed by atoms with Crippen LogP contribution in [-0.4, -0.2) is 50.1 Å². The van der Waals surface area contributed by atoms with Gasteiger partial charge >= 0.3 is 0 Å². The molecule has 2 fully saturated rings. The quantitative estimate of drug-likeness (QED) is 0.810. The topological polar surface area (TPSA) is 38.8 Å². The number of ketones is 1. The molecule has 1 atom stereocenters. The van der Waals surface area contributed by atoms with Crippen molar-refractivity contribution in [2.24, 2.45) is 5.92 Å². The number of fused-ring (bicyclic) bond motifs is 1. The van der Waals surface area contributed by atoms with Crippen molar-refractivity contribution in [3.63, 3.8) is 0 Å². The molecule has 0 saturated carbocycles. The predicted octanol–water partition coefficient (Wildman–Crippen LogP) is 3.14. The Hall–Kier alpha value is -1.91. The van der Waals surface area contributed by atoms with Crippen molar-refractivity contribution in [1.82, 2.24) is 4.90 Å². The highest BCUT2D eigenvalue weighted by Crippen LogP contribution is 2.27. The number of rotatable bonds is 4. The molecule has 4 rings (SSSR count). The van der Waals surface area contributed by atoms with E-state index in [0.717, 1.165) is 61.2 Å². The number of hydrogen-bond donors (Lipinski definition) is 0. The van der Waals surface area contributed by atoms with Gasteiger partial charge in [0.2, 0.25) is 0 Å². The predicted molar refractivity (Wildman–Crippen MR) is 93.7 cm³/mol. The number of carbonyl (C=O) groups excluding carboxylic acids is 1. The molecular weight excluding hydrogens is 302 g/mol. The van der Waals surface area contributed by atoms with Gasteiger partial charge in [0.1, 0.15) is 5.75 Å². The first-order valence-corrected chi connectivity index (χ1v) is 8.68. The molecule has 24 heavy (non-hydrogen) atoms. The third-order valence-electron chi connectivity index (χ3n) is 5.29. The molecule has 126 valence electrons. The fourth-order valence-electron chi connectivity index (χ4n) is 3.73. The average Bonchev–Trinajstić information content (AvgIpc) is 2.59. The van der Waals surface area contributed by atoms with Gasteiger partial charge < -0.3 is 9.47 Å². The highest BCUT2D eigenvalue weighted by atomic mass is 16.5. The Morgan fingerprint density at radius 1 is 1.17 bits per heavy atom. The molecule has 0 spiro atoms. The summed E-state index contributed by atoms with van der Waals surface area (Å²) in [5.41, 5.74) is 0.823. The van der Waals surface area contributed by atoms with Crippen LogP contribution in [0.1, 0.15) is 23.2 Å². The lowest BCUT2D eigenvalue weighted by molar-refractivity contribution is -0.0742. The van der Waals surface area contributed by atoms with Gasteiger partial charge in [0.25, 0.3) is 0 Å². The smallest absolute Gasteiger partial charge is 0.167 e. The molecule has 0 N–H and O–H groups in total. The van der Waals surface area contributed by atoms with Crippen molar-refractivity contribution >= 4 is 16.6 Å². The lowest BCUT2D eigenvalue weighted by atomic mass is 9.88. The van der Waals surface area contributed by atoms with Crippen molar-refractivity contribution in [2.45, 2.75) is 18.9 Å². The summed E-state index contributed by atoms with van der Waals surface area (Å²) in [4.78, 5) is 15.4. The summed E-state index contributed by atoms with van der Waals surface area (Å²) in [7, 11) is 1.67. The van der Waals surface area contributed by atoms with E-state index in [1.165, 1.54) is 0 Å². The van der Waals surface area contributed by atoms with Crippen LogP contribution in [0.3, 0.4) is 0 Å². The van der Waals surface area contributed by atoms with E-state index in [0.29, 0.717) is 6.04 Å². The largest absolute Gasteiger partial charge is 0.497 e. The molecular formula is C20H23NO3. The van der Waals surface area contributed by atoms with Gasteiger partial charge in [-0.05, 0) is 48.4 Å². The fraction of sp³-hybridized carbons (Fsp3) is 0.450. The maximum absolute atomic E-state index is 13.0. The molecule has 2 heterocycles. The normalized spacial score (nSPS) is 22.3. The van der Waals surface area contributed by atoms with Crippen LogP contribution in [0.2, 0.25) is 0 Å². The van der Waals surface area contributed by atoms with Gasteiger partial charge in [0.05, 0.1) is 26.4 Å². The molecule has 2 aliphatic rings. The number of carbonyl (C=O) groups is 1. The minimum absolute atomic E-state index is 0.107. The number of likely N-dealkylation sites (tertiary alicyclic amines) is 1. The van der Waals surface area contributed by atoms with Gasteiger partial charge in [-0.1, -0.05) is 18.2 Å². The summed E-state index contributed by atoms with van der Waals surface area (Å²) in [6.07, 6.45) is 2.08. The van der Waals surface area contributed by atoms with E-state index in [-0.39, 0.29) is 11.7 Å². The Morgan fingerprint density at radius 3 is 2.71 bits per heavy atom. The standard InChI is InChI=1S/C20H23NO3/c1-23-19-7-6-14-9-16(5-4-15(14)10-19)20(22)17-3-2-8-21(11-17)18-12-24-13-18/h4-7,9-10,17-18H,2-3,8,11-13H2,1H3. The molecule has 1 unspecified atom stereocenters. The van der Waals surface area contributed by atoms with Gasteiger partial charge in [-0.15, -0.1) is 0 Å². The zero-order chi connectivity index (χ0) is 16.5. The summed E-state index contributed by atoms with van der Waals surface area (Å²) in [6.45, 7) is 3.60. The minimum Gasteiger partial charge on any atom is -0.497 e. The van der Waals surface area contributed by atoms with E-state index < -0.39 is 0 Å². The maximum atomic E-state index is 13.0. The Morgan fingerprint density at radius 2 is 1.96 bits per heavy atom. The summed E-state index contributed by atoms with van der Waals surface area (Å²) in [5.74, 6) is 1.22. The zero-order valence-electron chi connectivity index (χ0n) is 14.0. The second kappa shape index (κ2) is 6.54. The average molecular weight is 325 g/mol. The monoisotopic (exact) mass is 325 g/mol. The Labute approximate surface area is 142 Å². The van der Waals surface area contributed by atoms with Crippen molar-refractivity contribution in [3.8, 4) is 5.75 Å². The third-order valence-corrected chi connectivity index (χ3v) is 5.29. The molecule has 2 aromatic carbocycles. The van der Waals surface area contributed by atoms with Crippen LogP contribution in [0.15, 0.2) is 36.4 Å². The van der Waals surface area contributed by atoms with E-state index in [1.54, 1.807) is 7.11 Å². The Kier molecular flexibility index (Phi) is 4.25. The number of Topliss-reactive ketones (excluding diaryl/α,β-unsaturated/α-hetero) is 1. The molecule has 4 nitrogen and oxygen atoms in total. The minimum atomic E-state index is 0.107. The van der Waals surface area contributed by atoms with E-state index in [4.69, 9.17) is 9.47 Å². The van der Waals surface area contributed by atoms with Crippen LogP contribution in [0.25, 0.3) is 10.8 Å². The van der Waals surface area contributed by atoms with Crippen molar-refractivity contribution < 1.29 is 14.3 Å². The van der Waals surface area contributed by atoms with Gasteiger partial charge in [-0.3, -0.25) is 9.69 Å². The molecule has 2 aliphatic heterocycles. The molecule has 0 amide bonds. The lowest BCUT2D eigenvalue weighted by Gasteiger charge is -2.41. The zero-order valence-corrected chi connectivity index (χ0v) is 14.0. The molecule has 0 bridgehead atoms. The van der Waals surface area contributed by atoms with Gasteiger partial charge in [0, 0.05) is 18.0 Å². The molecule has 0 aromatic heterocycles. The molecule has 0 aliphatic carbocycles. The summed E-state index contributed by atoms with van der Waals surface area (Å²) in [5, 5.41) is 2.18. The molecule has 4 heteroatoms. The van der Waals surface area contributed by atoms with Crippen LogP contribution in [0.4, 0.5) is 0 Å². The first kappa shape index (κ1) is 15.6. The van der Waals surface area contributed by atoms with Crippen molar-refractivity contribution in [2.75, 3.05) is 33.4 Å². The van der Waals surface area contributed by atoms with Crippen LogP contribution in [-0.2, 0) is 4.74 Å². The number of methoxy groups -OCH3 is 1. The van der Waals surface area contributed by atoms with E-state index >= 15 is 0 Å². The highest BCUT2D eigenvalue weighted by molar-refractivity contribution is 6.01. The first-order chi connectivity index (χ1) is 11.7. The number of benzene rings is 2. The molecule has 2 aromatic rings. The Balaban J connectivity index is 1.53. The number of ether oxygens (including phenoxy) is 2. The summed E-state index contributed by atoms with van der Waals surface area (Å²) in [6, 6.07) is 12.5. The lowest BCUT2D eigenvalue weighted by Crippen LogP contribution is -2.53. The first-order valence-electron chi connectivity index (χ1n) is 8.68. The van der Waals surface area contributed by atoms with Crippen LogP contribution in [0, 0.1) is 5.92 Å². The van der Waals surface area contributed by atoms with Crippen molar-refractivity contribution in [3.05, 3.63) is 42.0 Å². The molecule has 2 saturated heterocycles. The Bertz CT molecular complexity index is 754. The van der Waals surface area contributed by atoms with Crippen LogP contribution in [0.5, 0.6) is 5.75 Å². The van der Waals surface area contributed by atoms with E-state index in [2.05, 4.69) is 4.90 Å². The summed E-state index contributed by atoms with van der Waals surface area (Å²) < 4.78 is 10.6. The van der Waals surface area contributed by atoms with Crippen LogP contribution >= 0.6 is 0 Å². The second-order valence-corrected chi connectivity index (χ2v) is 6.82. The SMILES string of the molecule is COc1ccc2cc(C(=O)C3CCCN(C4COC4)C3)ccc2c1. The van der Waals surface area contributed by atoms with Crippen molar-refractivity contribution in [1.29, 1.82) is 0 Å². The van der Waals surface area contributed by atoms with Gasteiger partial charge in [-0.25, -0.2) is 0 Å². The van der Waals surface area contributed by atoms with E-state index in [1.807, 2.05) is 36.4 Å².